The highest BCUT2D eigenvalue weighted by atomic mass is 14.7. The highest BCUT2D eigenvalue weighted by Gasteiger charge is 2.13. The Labute approximate surface area is 108 Å². The van der Waals surface area contributed by atoms with Crippen LogP contribution in [-0.4, -0.2) is 4.98 Å². The molecule has 0 N–H and O–H groups in total. The van der Waals surface area contributed by atoms with Crippen molar-refractivity contribution in [1.82, 2.24) is 4.98 Å². The fourth-order valence-corrected chi connectivity index (χ4v) is 1.88. The summed E-state index contributed by atoms with van der Waals surface area (Å²) >= 11 is 0. The van der Waals surface area contributed by atoms with E-state index in [-0.39, 0.29) is 5.41 Å². The molecule has 0 radical (unpaired) electrons. The summed E-state index contributed by atoms with van der Waals surface area (Å²) in [7, 11) is 0. The standard InChI is InChI=1S/C16H16N2/c1-16(2,3)13-8-6-12(7-9-13)14-5-4-10-18-15(14)11-17/h4-10H,1-3H3. The van der Waals surface area contributed by atoms with Crippen molar-refractivity contribution in [3.63, 3.8) is 0 Å². The van der Waals surface area contributed by atoms with E-state index in [4.69, 9.17) is 5.26 Å². The maximum Gasteiger partial charge on any atom is 0.148 e. The molecule has 0 aliphatic heterocycles. The monoisotopic (exact) mass is 236 g/mol. The molecular weight excluding hydrogens is 220 g/mol. The summed E-state index contributed by atoms with van der Waals surface area (Å²) in [4.78, 5) is 4.08. The number of aromatic nitrogens is 1. The van der Waals surface area contributed by atoms with Gasteiger partial charge in [0.1, 0.15) is 11.8 Å². The number of hydrogen-bond donors (Lipinski definition) is 0. The Kier molecular flexibility index (Phi) is 3.16. The van der Waals surface area contributed by atoms with Gasteiger partial charge in [-0.2, -0.15) is 5.26 Å². The van der Waals surface area contributed by atoms with Crippen LogP contribution in [0, 0.1) is 11.3 Å². The number of nitriles is 1. The van der Waals surface area contributed by atoms with Crippen LogP contribution in [0.25, 0.3) is 11.1 Å². The molecule has 2 aromatic rings. The Morgan fingerprint density at radius 3 is 2.28 bits per heavy atom. The van der Waals surface area contributed by atoms with Crippen molar-refractivity contribution in [2.75, 3.05) is 0 Å². The number of benzene rings is 1. The van der Waals surface area contributed by atoms with Crippen LogP contribution >= 0.6 is 0 Å². The second kappa shape index (κ2) is 4.62. The van der Waals surface area contributed by atoms with E-state index < -0.39 is 0 Å². The third-order valence-electron chi connectivity index (χ3n) is 2.98. The summed E-state index contributed by atoms with van der Waals surface area (Å²) in [6, 6.07) is 14.2. The second-order valence-electron chi connectivity index (χ2n) is 5.34. The third kappa shape index (κ3) is 2.41. The lowest BCUT2D eigenvalue weighted by molar-refractivity contribution is 0.590. The van der Waals surface area contributed by atoms with Crippen molar-refractivity contribution < 1.29 is 0 Å². The molecule has 0 fully saturated rings. The maximum absolute atomic E-state index is 9.05. The second-order valence-corrected chi connectivity index (χ2v) is 5.34. The van der Waals surface area contributed by atoms with E-state index >= 15 is 0 Å². The van der Waals surface area contributed by atoms with Gasteiger partial charge in [0.2, 0.25) is 0 Å². The Bertz CT molecular complexity index is 584. The summed E-state index contributed by atoms with van der Waals surface area (Å²) in [5.74, 6) is 0. The van der Waals surface area contributed by atoms with E-state index in [1.165, 1.54) is 5.56 Å². The molecule has 2 rings (SSSR count). The molecule has 0 spiro atoms. The van der Waals surface area contributed by atoms with Crippen LogP contribution in [0.1, 0.15) is 32.0 Å². The van der Waals surface area contributed by atoms with Crippen LogP contribution in [0.3, 0.4) is 0 Å². The van der Waals surface area contributed by atoms with Gasteiger partial charge in [-0.3, -0.25) is 0 Å². The number of rotatable bonds is 1. The molecule has 90 valence electrons. The largest absolute Gasteiger partial charge is 0.245 e. The van der Waals surface area contributed by atoms with Crippen LogP contribution in [0.15, 0.2) is 42.6 Å². The SMILES string of the molecule is CC(C)(C)c1ccc(-c2cccnc2C#N)cc1. The lowest BCUT2D eigenvalue weighted by Gasteiger charge is -2.19. The zero-order valence-electron chi connectivity index (χ0n) is 10.9. The Hall–Kier alpha value is -2.14. The molecule has 0 aliphatic rings. The number of nitrogens with zero attached hydrogens (tertiary/aromatic N) is 2. The summed E-state index contributed by atoms with van der Waals surface area (Å²) in [5, 5.41) is 9.05. The summed E-state index contributed by atoms with van der Waals surface area (Å²) < 4.78 is 0. The fourth-order valence-electron chi connectivity index (χ4n) is 1.88. The highest BCUT2D eigenvalue weighted by Crippen LogP contribution is 2.27. The van der Waals surface area contributed by atoms with E-state index in [0.717, 1.165) is 11.1 Å². The molecular formula is C16H16N2. The zero-order valence-corrected chi connectivity index (χ0v) is 10.9. The first-order chi connectivity index (χ1) is 8.52. The smallest absolute Gasteiger partial charge is 0.148 e. The van der Waals surface area contributed by atoms with Crippen LogP contribution in [0.5, 0.6) is 0 Å². The first-order valence-electron chi connectivity index (χ1n) is 5.98. The normalized spacial score (nSPS) is 11.0. The van der Waals surface area contributed by atoms with Crippen molar-refractivity contribution in [3.05, 3.63) is 53.9 Å². The van der Waals surface area contributed by atoms with Crippen molar-refractivity contribution in [3.8, 4) is 17.2 Å². The first kappa shape index (κ1) is 12.3. The average molecular weight is 236 g/mol. The molecule has 0 saturated carbocycles. The number of hydrogen-bond acceptors (Lipinski definition) is 2. The van der Waals surface area contributed by atoms with Crippen LogP contribution in [0.4, 0.5) is 0 Å². The van der Waals surface area contributed by atoms with Gasteiger partial charge in [-0.1, -0.05) is 45.0 Å². The quantitative estimate of drug-likeness (QED) is 0.752. The van der Waals surface area contributed by atoms with Gasteiger partial charge in [0, 0.05) is 11.8 Å². The van der Waals surface area contributed by atoms with Crippen LogP contribution in [0.2, 0.25) is 0 Å². The molecule has 1 aromatic carbocycles. The van der Waals surface area contributed by atoms with E-state index in [0.29, 0.717) is 5.69 Å². The molecule has 0 unspecified atom stereocenters. The third-order valence-corrected chi connectivity index (χ3v) is 2.98. The van der Waals surface area contributed by atoms with Gasteiger partial charge in [0.05, 0.1) is 0 Å². The van der Waals surface area contributed by atoms with Gasteiger partial charge in [-0.05, 0) is 28.7 Å². The van der Waals surface area contributed by atoms with Gasteiger partial charge in [0.15, 0.2) is 0 Å². The minimum atomic E-state index is 0.144. The predicted molar refractivity (Wildman–Crippen MR) is 73.1 cm³/mol. The van der Waals surface area contributed by atoms with E-state index in [2.05, 4.69) is 56.1 Å². The lowest BCUT2D eigenvalue weighted by Crippen LogP contribution is -2.10. The lowest BCUT2D eigenvalue weighted by atomic mass is 9.86. The predicted octanol–water partition coefficient (Wildman–Crippen LogP) is 3.92. The minimum Gasteiger partial charge on any atom is -0.245 e. The van der Waals surface area contributed by atoms with Gasteiger partial charge in [-0.25, -0.2) is 4.98 Å². The highest BCUT2D eigenvalue weighted by molar-refractivity contribution is 5.68. The van der Waals surface area contributed by atoms with E-state index in [1.54, 1.807) is 6.20 Å². The van der Waals surface area contributed by atoms with Crippen molar-refractivity contribution in [2.24, 2.45) is 0 Å². The molecule has 18 heavy (non-hydrogen) atoms. The summed E-state index contributed by atoms with van der Waals surface area (Å²) in [6.07, 6.45) is 1.64. The van der Waals surface area contributed by atoms with Gasteiger partial charge >= 0.3 is 0 Å². The van der Waals surface area contributed by atoms with E-state index in [1.807, 2.05) is 12.1 Å². The topological polar surface area (TPSA) is 36.7 Å². The van der Waals surface area contributed by atoms with Gasteiger partial charge in [0.25, 0.3) is 0 Å². The molecule has 2 nitrogen and oxygen atoms in total. The molecule has 0 bridgehead atoms. The molecule has 0 amide bonds. The molecule has 1 aromatic heterocycles. The molecule has 0 aliphatic carbocycles. The fraction of sp³-hybridized carbons (Fsp3) is 0.250. The zero-order chi connectivity index (χ0) is 13.2. The van der Waals surface area contributed by atoms with Gasteiger partial charge in [-0.15, -0.1) is 0 Å². The maximum atomic E-state index is 9.05. The van der Waals surface area contributed by atoms with Gasteiger partial charge < -0.3 is 0 Å². The summed E-state index contributed by atoms with van der Waals surface area (Å²) in [5.41, 5.74) is 3.83. The van der Waals surface area contributed by atoms with Crippen molar-refractivity contribution in [2.45, 2.75) is 26.2 Å². The Balaban J connectivity index is 2.45. The van der Waals surface area contributed by atoms with Crippen LogP contribution in [-0.2, 0) is 5.41 Å². The molecule has 1 heterocycles. The van der Waals surface area contributed by atoms with E-state index in [9.17, 15) is 0 Å². The minimum absolute atomic E-state index is 0.144. The molecule has 0 atom stereocenters. The first-order valence-corrected chi connectivity index (χ1v) is 5.98. The molecule has 0 saturated heterocycles. The summed E-state index contributed by atoms with van der Waals surface area (Å²) in [6.45, 7) is 6.56. The Morgan fingerprint density at radius 1 is 1.06 bits per heavy atom. The number of pyridine rings is 1. The average Bonchev–Trinajstić information content (AvgIpc) is 2.38. The van der Waals surface area contributed by atoms with Crippen molar-refractivity contribution >= 4 is 0 Å². The van der Waals surface area contributed by atoms with Crippen LogP contribution < -0.4 is 0 Å². The Morgan fingerprint density at radius 2 is 1.72 bits per heavy atom. The molecule has 2 heteroatoms. The van der Waals surface area contributed by atoms with Crippen molar-refractivity contribution in [1.29, 1.82) is 5.26 Å².